The molecule has 0 N–H and O–H groups in total. The van der Waals surface area contributed by atoms with Crippen LogP contribution in [-0.2, 0) is 18.4 Å². The highest BCUT2D eigenvalue weighted by atomic mass is 16.5. The van der Waals surface area contributed by atoms with E-state index < -0.39 is 0 Å². The monoisotopic (exact) mass is 372 g/mol. The van der Waals surface area contributed by atoms with Crippen molar-refractivity contribution in [3.63, 3.8) is 0 Å². The first-order valence-corrected chi connectivity index (χ1v) is 9.70. The van der Waals surface area contributed by atoms with E-state index in [1.54, 1.807) is 6.20 Å². The molecule has 3 nitrogen and oxygen atoms in total. The van der Waals surface area contributed by atoms with E-state index in [4.69, 9.17) is 4.74 Å². The number of hydrogen-bond acceptors (Lipinski definition) is 3. The first-order valence-electron chi connectivity index (χ1n) is 9.70. The summed E-state index contributed by atoms with van der Waals surface area (Å²) in [5.74, 6) is 1.49. The largest absolute Gasteiger partial charge is 0.487 e. The van der Waals surface area contributed by atoms with E-state index in [1.807, 2.05) is 25.1 Å². The molecule has 0 atom stereocenters. The van der Waals surface area contributed by atoms with Crippen LogP contribution in [0.2, 0.25) is 0 Å². The van der Waals surface area contributed by atoms with E-state index in [1.165, 1.54) is 16.7 Å². The molecule has 0 amide bonds. The van der Waals surface area contributed by atoms with Gasteiger partial charge in [-0.05, 0) is 53.8 Å². The summed E-state index contributed by atoms with van der Waals surface area (Å²) in [6.07, 6.45) is 2.80. The molecule has 3 heteroatoms. The summed E-state index contributed by atoms with van der Waals surface area (Å²) in [6.45, 7) is 12.9. The van der Waals surface area contributed by atoms with Crippen molar-refractivity contribution in [1.82, 2.24) is 9.97 Å². The Labute approximate surface area is 168 Å². The molecule has 0 spiro atoms. The molecule has 0 aliphatic heterocycles. The fourth-order valence-corrected chi connectivity index (χ4v) is 3.13. The van der Waals surface area contributed by atoms with Gasteiger partial charge < -0.3 is 4.74 Å². The number of rotatable bonds is 7. The molecule has 0 fully saturated rings. The van der Waals surface area contributed by atoms with Gasteiger partial charge in [0.1, 0.15) is 12.4 Å². The van der Waals surface area contributed by atoms with Gasteiger partial charge in [-0.3, -0.25) is 0 Å². The molecule has 0 radical (unpaired) electrons. The molecule has 1 heterocycles. The Morgan fingerprint density at radius 1 is 0.964 bits per heavy atom. The first kappa shape index (κ1) is 19.8. The van der Waals surface area contributed by atoms with Gasteiger partial charge in [0.15, 0.2) is 5.82 Å². The summed E-state index contributed by atoms with van der Waals surface area (Å²) in [6, 6.07) is 19.1. The molecule has 144 valence electrons. The number of benzene rings is 2. The van der Waals surface area contributed by atoms with Crippen LogP contribution >= 0.6 is 0 Å². The van der Waals surface area contributed by atoms with Crippen LogP contribution in [-0.4, -0.2) is 9.97 Å². The summed E-state index contributed by atoms with van der Waals surface area (Å²) < 4.78 is 5.91. The Hall–Kier alpha value is -2.94. The van der Waals surface area contributed by atoms with Crippen molar-refractivity contribution < 1.29 is 4.74 Å². The molecular weight excluding hydrogens is 344 g/mol. The fraction of sp³-hybridized carbons (Fsp3) is 0.280. The Balaban J connectivity index is 1.70. The van der Waals surface area contributed by atoms with Crippen molar-refractivity contribution in [2.24, 2.45) is 0 Å². The zero-order valence-corrected chi connectivity index (χ0v) is 17.2. The van der Waals surface area contributed by atoms with E-state index in [0.29, 0.717) is 12.4 Å². The van der Waals surface area contributed by atoms with Gasteiger partial charge in [0, 0.05) is 11.6 Å². The van der Waals surface area contributed by atoms with E-state index in [2.05, 4.69) is 73.7 Å². The number of aromatic nitrogens is 2. The lowest BCUT2D eigenvalue weighted by molar-refractivity contribution is 0.301. The Morgan fingerprint density at radius 2 is 1.57 bits per heavy atom. The molecule has 0 saturated heterocycles. The predicted octanol–water partition coefficient (Wildman–Crippen LogP) is 5.98. The third kappa shape index (κ3) is 4.48. The highest BCUT2D eigenvalue weighted by molar-refractivity contribution is 5.53. The van der Waals surface area contributed by atoms with Gasteiger partial charge in [-0.25, -0.2) is 9.97 Å². The van der Waals surface area contributed by atoms with Gasteiger partial charge in [0.2, 0.25) is 0 Å². The van der Waals surface area contributed by atoms with Crippen molar-refractivity contribution in [2.45, 2.75) is 46.1 Å². The molecule has 3 rings (SSSR count). The van der Waals surface area contributed by atoms with Crippen molar-refractivity contribution in [3.8, 4) is 5.75 Å². The zero-order chi connectivity index (χ0) is 20.1. The van der Waals surface area contributed by atoms with Crippen LogP contribution in [0.3, 0.4) is 0 Å². The standard InChI is InChI=1S/C25H28N2O/c1-6-19-7-9-20(10-8-19)25(4,5)21-11-13-23(14-12-21)28-17-22-15-16-26-24(27-22)18(2)3/h7-16H,2,6,17H2,1,3-5H3. The second-order valence-electron chi connectivity index (χ2n) is 7.64. The summed E-state index contributed by atoms with van der Waals surface area (Å²) in [4.78, 5) is 8.67. The summed E-state index contributed by atoms with van der Waals surface area (Å²) in [5.41, 5.74) is 5.56. The minimum atomic E-state index is -0.0617. The van der Waals surface area contributed by atoms with E-state index in [-0.39, 0.29) is 5.41 Å². The smallest absolute Gasteiger partial charge is 0.154 e. The molecule has 0 bridgehead atoms. The molecule has 0 unspecified atom stereocenters. The van der Waals surface area contributed by atoms with Crippen LogP contribution in [0.15, 0.2) is 67.4 Å². The molecule has 2 aromatic carbocycles. The number of aryl methyl sites for hydroxylation is 1. The highest BCUT2D eigenvalue weighted by Gasteiger charge is 2.22. The average molecular weight is 373 g/mol. The highest BCUT2D eigenvalue weighted by Crippen LogP contribution is 2.32. The van der Waals surface area contributed by atoms with Crippen molar-refractivity contribution in [2.75, 3.05) is 0 Å². The lowest BCUT2D eigenvalue weighted by Gasteiger charge is -2.26. The first-order chi connectivity index (χ1) is 13.4. The lowest BCUT2D eigenvalue weighted by atomic mass is 9.78. The summed E-state index contributed by atoms with van der Waals surface area (Å²) in [7, 11) is 0. The van der Waals surface area contributed by atoms with Crippen LogP contribution < -0.4 is 4.74 Å². The van der Waals surface area contributed by atoms with E-state index in [9.17, 15) is 0 Å². The van der Waals surface area contributed by atoms with Crippen molar-refractivity contribution in [3.05, 3.63) is 95.6 Å². The third-order valence-corrected chi connectivity index (χ3v) is 5.14. The second-order valence-corrected chi connectivity index (χ2v) is 7.64. The van der Waals surface area contributed by atoms with Crippen molar-refractivity contribution in [1.29, 1.82) is 0 Å². The summed E-state index contributed by atoms with van der Waals surface area (Å²) >= 11 is 0. The number of allylic oxidation sites excluding steroid dienone is 1. The Kier molecular flexibility index (Phi) is 5.93. The van der Waals surface area contributed by atoms with Crippen LogP contribution in [0.1, 0.15) is 55.9 Å². The average Bonchev–Trinajstić information content (AvgIpc) is 2.73. The van der Waals surface area contributed by atoms with Gasteiger partial charge in [-0.1, -0.05) is 63.7 Å². The maximum atomic E-state index is 5.91. The molecule has 1 aromatic heterocycles. The Bertz CT molecular complexity index is 941. The van der Waals surface area contributed by atoms with Gasteiger partial charge >= 0.3 is 0 Å². The lowest BCUT2D eigenvalue weighted by Crippen LogP contribution is -2.18. The SMILES string of the molecule is C=C(C)c1nccc(COc2ccc(C(C)(C)c3ccc(CC)cc3)cc2)n1. The minimum Gasteiger partial charge on any atom is -0.487 e. The van der Waals surface area contributed by atoms with Gasteiger partial charge in [0.05, 0.1) is 5.69 Å². The quantitative estimate of drug-likeness (QED) is 0.512. The molecule has 3 aromatic rings. The Morgan fingerprint density at radius 3 is 2.14 bits per heavy atom. The van der Waals surface area contributed by atoms with Crippen LogP contribution in [0.5, 0.6) is 5.75 Å². The van der Waals surface area contributed by atoms with Crippen LogP contribution in [0, 0.1) is 0 Å². The molecule has 28 heavy (non-hydrogen) atoms. The maximum Gasteiger partial charge on any atom is 0.154 e. The predicted molar refractivity (Wildman–Crippen MR) is 115 cm³/mol. The van der Waals surface area contributed by atoms with E-state index >= 15 is 0 Å². The van der Waals surface area contributed by atoms with Gasteiger partial charge in [0.25, 0.3) is 0 Å². The van der Waals surface area contributed by atoms with Crippen LogP contribution in [0.25, 0.3) is 5.57 Å². The fourth-order valence-electron chi connectivity index (χ4n) is 3.13. The van der Waals surface area contributed by atoms with Gasteiger partial charge in [-0.15, -0.1) is 0 Å². The minimum absolute atomic E-state index is 0.0617. The number of ether oxygens (including phenoxy) is 1. The topological polar surface area (TPSA) is 35.0 Å². The molecule has 0 aliphatic rings. The molecule has 0 saturated carbocycles. The van der Waals surface area contributed by atoms with Crippen molar-refractivity contribution >= 4 is 5.57 Å². The molecule has 0 aliphatic carbocycles. The maximum absolute atomic E-state index is 5.91. The van der Waals surface area contributed by atoms with Gasteiger partial charge in [-0.2, -0.15) is 0 Å². The number of nitrogens with zero attached hydrogens (tertiary/aromatic N) is 2. The normalized spacial score (nSPS) is 11.3. The molecular formula is C25H28N2O. The van der Waals surface area contributed by atoms with Crippen LogP contribution in [0.4, 0.5) is 0 Å². The second kappa shape index (κ2) is 8.39. The summed E-state index contributed by atoms with van der Waals surface area (Å²) in [5, 5.41) is 0. The zero-order valence-electron chi connectivity index (χ0n) is 17.2. The third-order valence-electron chi connectivity index (χ3n) is 5.14. The number of hydrogen-bond donors (Lipinski definition) is 0. The van der Waals surface area contributed by atoms with E-state index in [0.717, 1.165) is 23.4 Å².